The van der Waals surface area contributed by atoms with Crippen molar-refractivity contribution in [3.05, 3.63) is 54.1 Å². The van der Waals surface area contributed by atoms with Crippen LogP contribution in [0, 0.1) is 0 Å². The average molecular weight is 315 g/mol. The Hall–Kier alpha value is -2.46. The van der Waals surface area contributed by atoms with Gasteiger partial charge in [0.1, 0.15) is 12.4 Å². The lowest BCUT2D eigenvalue weighted by atomic mass is 10.2. The number of H-pyrrole nitrogens is 1. The first kappa shape index (κ1) is 14.5. The average Bonchev–Trinajstić information content (AvgIpc) is 2.97. The molecule has 0 aliphatic carbocycles. The maximum atomic E-state index is 6.32. The summed E-state index contributed by atoms with van der Waals surface area (Å²) in [6.45, 7) is 3.99. The molecule has 0 saturated heterocycles. The third kappa shape index (κ3) is 2.65. The van der Waals surface area contributed by atoms with E-state index in [1.807, 2.05) is 30.3 Å². The van der Waals surface area contributed by atoms with Gasteiger partial charge in [-0.05, 0) is 24.3 Å². The Morgan fingerprint density at radius 1 is 1.32 bits per heavy atom. The number of nitrogens with zero attached hydrogens (tertiary/aromatic N) is 1. The standard InChI is InChI=1S/C17H15ClN2O2/c1-3-8-22-16-12(18)9-11(10-15(16)21-2)17-19-13-6-4-5-7-14(13)20-17/h3-7,9-10H,1,8H2,2H3,(H,19,20). The van der Waals surface area contributed by atoms with E-state index in [9.17, 15) is 0 Å². The maximum absolute atomic E-state index is 6.32. The van der Waals surface area contributed by atoms with Gasteiger partial charge < -0.3 is 14.5 Å². The lowest BCUT2D eigenvalue weighted by molar-refractivity contribution is 0.327. The third-order valence-electron chi connectivity index (χ3n) is 3.24. The Morgan fingerprint density at radius 2 is 2.14 bits per heavy atom. The first-order valence-electron chi connectivity index (χ1n) is 6.79. The van der Waals surface area contributed by atoms with Gasteiger partial charge >= 0.3 is 0 Å². The summed E-state index contributed by atoms with van der Waals surface area (Å²) in [5, 5.41) is 0.469. The fourth-order valence-electron chi connectivity index (χ4n) is 2.23. The van der Waals surface area contributed by atoms with Crippen LogP contribution in [0.5, 0.6) is 11.5 Å². The molecule has 0 aliphatic heterocycles. The number of aromatic amines is 1. The fourth-order valence-corrected chi connectivity index (χ4v) is 2.49. The van der Waals surface area contributed by atoms with Gasteiger partial charge in [-0.2, -0.15) is 0 Å². The zero-order chi connectivity index (χ0) is 15.5. The molecule has 22 heavy (non-hydrogen) atoms. The van der Waals surface area contributed by atoms with Crippen LogP contribution < -0.4 is 9.47 Å². The molecule has 0 bridgehead atoms. The molecule has 5 heteroatoms. The Morgan fingerprint density at radius 3 is 2.86 bits per heavy atom. The molecular weight excluding hydrogens is 300 g/mol. The second-order valence-electron chi connectivity index (χ2n) is 4.69. The number of imidazole rings is 1. The van der Waals surface area contributed by atoms with Crippen molar-refractivity contribution in [2.45, 2.75) is 0 Å². The van der Waals surface area contributed by atoms with Crippen molar-refractivity contribution in [2.24, 2.45) is 0 Å². The van der Waals surface area contributed by atoms with E-state index in [0.29, 0.717) is 23.1 Å². The van der Waals surface area contributed by atoms with Gasteiger partial charge in [-0.1, -0.05) is 36.4 Å². The monoisotopic (exact) mass is 314 g/mol. The van der Waals surface area contributed by atoms with Crippen molar-refractivity contribution in [1.29, 1.82) is 0 Å². The normalized spacial score (nSPS) is 10.6. The van der Waals surface area contributed by atoms with Gasteiger partial charge in [0.05, 0.1) is 23.2 Å². The van der Waals surface area contributed by atoms with Crippen molar-refractivity contribution < 1.29 is 9.47 Å². The van der Waals surface area contributed by atoms with Crippen LogP contribution in [-0.2, 0) is 0 Å². The van der Waals surface area contributed by atoms with Gasteiger partial charge in [-0.3, -0.25) is 0 Å². The zero-order valence-electron chi connectivity index (χ0n) is 12.1. The van der Waals surface area contributed by atoms with Gasteiger partial charge in [-0.25, -0.2) is 4.98 Å². The highest BCUT2D eigenvalue weighted by Crippen LogP contribution is 2.39. The minimum atomic E-state index is 0.361. The maximum Gasteiger partial charge on any atom is 0.180 e. The molecule has 112 valence electrons. The van der Waals surface area contributed by atoms with Crippen LogP contribution >= 0.6 is 11.6 Å². The van der Waals surface area contributed by atoms with Gasteiger partial charge in [0.15, 0.2) is 11.5 Å². The number of halogens is 1. The summed E-state index contributed by atoms with van der Waals surface area (Å²) in [6, 6.07) is 11.5. The molecule has 1 aromatic heterocycles. The number of hydrogen-bond donors (Lipinski definition) is 1. The fraction of sp³-hybridized carbons (Fsp3) is 0.118. The van der Waals surface area contributed by atoms with Gasteiger partial charge in [0, 0.05) is 5.56 Å². The summed E-state index contributed by atoms with van der Waals surface area (Å²) in [6.07, 6.45) is 1.66. The number of ether oxygens (including phenoxy) is 2. The topological polar surface area (TPSA) is 47.1 Å². The van der Waals surface area contributed by atoms with Gasteiger partial charge in [-0.15, -0.1) is 0 Å². The Labute approximate surface area is 133 Å². The molecule has 1 N–H and O–H groups in total. The Kier molecular flexibility index (Phi) is 4.02. The van der Waals surface area contributed by atoms with E-state index in [-0.39, 0.29) is 0 Å². The van der Waals surface area contributed by atoms with Crippen LogP contribution in [0.1, 0.15) is 0 Å². The SMILES string of the molecule is C=CCOc1c(Cl)cc(-c2nc3ccccc3[nH]2)cc1OC. The number of aromatic nitrogens is 2. The van der Waals surface area contributed by atoms with E-state index >= 15 is 0 Å². The highest BCUT2D eigenvalue weighted by atomic mass is 35.5. The van der Waals surface area contributed by atoms with Crippen molar-refractivity contribution >= 4 is 22.6 Å². The largest absolute Gasteiger partial charge is 0.493 e. The third-order valence-corrected chi connectivity index (χ3v) is 3.52. The number of methoxy groups -OCH3 is 1. The first-order chi connectivity index (χ1) is 10.7. The molecule has 2 aromatic carbocycles. The summed E-state index contributed by atoms with van der Waals surface area (Å²) in [7, 11) is 1.58. The lowest BCUT2D eigenvalue weighted by Crippen LogP contribution is -1.97. The van der Waals surface area contributed by atoms with E-state index in [4.69, 9.17) is 21.1 Å². The predicted molar refractivity (Wildman–Crippen MR) is 88.8 cm³/mol. The molecule has 0 spiro atoms. The summed E-state index contributed by atoms with van der Waals surface area (Å²) in [5.74, 6) is 1.80. The summed E-state index contributed by atoms with van der Waals surface area (Å²) in [4.78, 5) is 7.84. The number of rotatable bonds is 5. The molecule has 0 atom stereocenters. The van der Waals surface area contributed by atoms with Crippen LogP contribution in [0.25, 0.3) is 22.4 Å². The van der Waals surface area contributed by atoms with Crippen LogP contribution in [0.2, 0.25) is 5.02 Å². The molecule has 3 aromatic rings. The number of hydrogen-bond acceptors (Lipinski definition) is 3. The minimum Gasteiger partial charge on any atom is -0.493 e. The second-order valence-corrected chi connectivity index (χ2v) is 5.10. The second kappa shape index (κ2) is 6.12. The molecule has 0 amide bonds. The van der Waals surface area contributed by atoms with E-state index in [0.717, 1.165) is 22.4 Å². The summed E-state index contributed by atoms with van der Waals surface area (Å²) >= 11 is 6.32. The molecule has 0 saturated carbocycles. The number of fused-ring (bicyclic) bond motifs is 1. The number of nitrogens with one attached hydrogen (secondary N) is 1. The molecule has 1 heterocycles. The summed E-state index contributed by atoms with van der Waals surface area (Å²) in [5.41, 5.74) is 2.71. The van der Waals surface area contributed by atoms with E-state index in [1.165, 1.54) is 0 Å². The van der Waals surface area contributed by atoms with Crippen molar-refractivity contribution in [3.63, 3.8) is 0 Å². The van der Waals surface area contributed by atoms with E-state index in [1.54, 1.807) is 19.3 Å². The van der Waals surface area contributed by atoms with Crippen LogP contribution in [-0.4, -0.2) is 23.7 Å². The highest BCUT2D eigenvalue weighted by molar-refractivity contribution is 6.32. The Bertz CT molecular complexity index is 794. The molecule has 4 nitrogen and oxygen atoms in total. The first-order valence-corrected chi connectivity index (χ1v) is 7.17. The highest BCUT2D eigenvalue weighted by Gasteiger charge is 2.14. The zero-order valence-corrected chi connectivity index (χ0v) is 12.9. The van der Waals surface area contributed by atoms with Crippen molar-refractivity contribution in [3.8, 4) is 22.9 Å². The van der Waals surface area contributed by atoms with Crippen LogP contribution in [0.3, 0.4) is 0 Å². The number of benzene rings is 2. The van der Waals surface area contributed by atoms with Gasteiger partial charge in [0.2, 0.25) is 0 Å². The van der Waals surface area contributed by atoms with Crippen LogP contribution in [0.15, 0.2) is 49.1 Å². The van der Waals surface area contributed by atoms with Crippen LogP contribution in [0.4, 0.5) is 0 Å². The Balaban J connectivity index is 2.07. The molecular formula is C17H15ClN2O2. The quantitative estimate of drug-likeness (QED) is 0.707. The van der Waals surface area contributed by atoms with Crippen molar-refractivity contribution in [1.82, 2.24) is 9.97 Å². The molecule has 0 aliphatic rings. The molecule has 0 unspecified atom stereocenters. The van der Waals surface area contributed by atoms with E-state index < -0.39 is 0 Å². The smallest absolute Gasteiger partial charge is 0.180 e. The summed E-state index contributed by atoms with van der Waals surface area (Å²) < 4.78 is 10.9. The minimum absolute atomic E-state index is 0.361. The molecule has 0 fully saturated rings. The van der Waals surface area contributed by atoms with Crippen molar-refractivity contribution in [2.75, 3.05) is 13.7 Å². The number of para-hydroxylation sites is 2. The predicted octanol–water partition coefficient (Wildman–Crippen LogP) is 4.46. The van der Waals surface area contributed by atoms with Gasteiger partial charge in [0.25, 0.3) is 0 Å². The lowest BCUT2D eigenvalue weighted by Gasteiger charge is -2.12. The molecule has 0 radical (unpaired) electrons. The van der Waals surface area contributed by atoms with E-state index in [2.05, 4.69) is 16.5 Å². The molecule has 3 rings (SSSR count).